The Kier molecular flexibility index (Phi) is 5.22. The molecule has 1 saturated heterocycles. The molecule has 0 radical (unpaired) electrons. The van der Waals surface area contributed by atoms with E-state index in [-0.39, 0.29) is 47.7 Å². The Hall–Kier alpha value is -3.33. The van der Waals surface area contributed by atoms with Crippen molar-refractivity contribution in [3.8, 4) is 11.1 Å². The molecule has 2 aliphatic rings. The highest BCUT2D eigenvalue weighted by Crippen LogP contribution is 2.50. The van der Waals surface area contributed by atoms with E-state index in [1.807, 2.05) is 0 Å². The predicted molar refractivity (Wildman–Crippen MR) is 106 cm³/mol. The van der Waals surface area contributed by atoms with Crippen LogP contribution in [0, 0.1) is 5.92 Å². The molecule has 1 aliphatic carbocycles. The summed E-state index contributed by atoms with van der Waals surface area (Å²) in [6.07, 6.45) is 0.143. The third kappa shape index (κ3) is 3.54. The van der Waals surface area contributed by atoms with Gasteiger partial charge in [-0.15, -0.1) is 0 Å². The first kappa shape index (κ1) is 20.9. The van der Waals surface area contributed by atoms with Gasteiger partial charge in [-0.2, -0.15) is 8.78 Å². The number of amides is 2. The van der Waals surface area contributed by atoms with Crippen LogP contribution in [-0.4, -0.2) is 58.6 Å². The van der Waals surface area contributed by atoms with Crippen molar-refractivity contribution in [2.45, 2.75) is 18.4 Å². The van der Waals surface area contributed by atoms with E-state index in [4.69, 9.17) is 0 Å². The maximum Gasteiger partial charge on any atom is 0.326 e. The zero-order chi connectivity index (χ0) is 22.3. The van der Waals surface area contributed by atoms with Crippen LogP contribution in [0.4, 0.5) is 8.78 Å². The summed E-state index contributed by atoms with van der Waals surface area (Å²) in [4.78, 5) is 37.5. The van der Waals surface area contributed by atoms with Gasteiger partial charge in [0.2, 0.25) is 5.91 Å². The lowest BCUT2D eigenvalue weighted by Crippen LogP contribution is -2.45. The molecular weight excluding hydrogens is 410 g/mol. The van der Waals surface area contributed by atoms with Gasteiger partial charge in [-0.3, -0.25) is 9.59 Å². The van der Waals surface area contributed by atoms with Crippen LogP contribution in [0.3, 0.4) is 0 Å². The van der Waals surface area contributed by atoms with Gasteiger partial charge >= 0.3 is 5.97 Å². The monoisotopic (exact) mass is 430 g/mol. The number of aliphatic hydroxyl groups is 1. The van der Waals surface area contributed by atoms with Crippen LogP contribution < -0.4 is 5.32 Å². The number of nitrogens with zero attached hydrogens (tertiary/aromatic N) is 1. The van der Waals surface area contributed by atoms with Crippen molar-refractivity contribution in [1.82, 2.24) is 10.2 Å². The minimum atomic E-state index is -3.15. The molecule has 0 unspecified atom stereocenters. The van der Waals surface area contributed by atoms with E-state index in [1.54, 1.807) is 12.1 Å². The predicted octanol–water partition coefficient (Wildman–Crippen LogP) is 1.83. The molecule has 1 fully saturated rings. The number of likely N-dealkylation sites (tertiary alicyclic amines) is 1. The Morgan fingerprint density at radius 1 is 1.10 bits per heavy atom. The van der Waals surface area contributed by atoms with Gasteiger partial charge in [0, 0.05) is 35.8 Å². The number of carbonyl (C=O) groups is 3. The van der Waals surface area contributed by atoms with E-state index < -0.39 is 36.3 Å². The Morgan fingerprint density at radius 3 is 2.52 bits per heavy atom. The highest BCUT2D eigenvalue weighted by atomic mass is 19.3. The van der Waals surface area contributed by atoms with E-state index in [1.165, 1.54) is 30.3 Å². The number of carboxylic acid groups (broad SMARTS) is 1. The molecule has 2 aromatic rings. The first-order valence-corrected chi connectivity index (χ1v) is 9.77. The van der Waals surface area contributed by atoms with Gasteiger partial charge in [-0.1, -0.05) is 30.3 Å². The third-order valence-electron chi connectivity index (χ3n) is 5.83. The first-order chi connectivity index (χ1) is 14.7. The normalized spacial score (nSPS) is 20.8. The second-order valence-electron chi connectivity index (χ2n) is 7.75. The fourth-order valence-corrected chi connectivity index (χ4v) is 4.24. The summed E-state index contributed by atoms with van der Waals surface area (Å²) in [6, 6.07) is 8.88. The molecule has 0 spiro atoms. The summed E-state index contributed by atoms with van der Waals surface area (Å²) >= 11 is 0. The molecule has 2 atom stereocenters. The molecule has 9 heteroatoms. The zero-order valence-corrected chi connectivity index (χ0v) is 16.3. The van der Waals surface area contributed by atoms with E-state index >= 15 is 0 Å². The lowest BCUT2D eigenvalue weighted by atomic mass is 10.0. The fraction of sp³-hybridized carbons (Fsp3) is 0.318. The van der Waals surface area contributed by atoms with E-state index in [9.17, 15) is 33.4 Å². The van der Waals surface area contributed by atoms with E-state index in [0.29, 0.717) is 5.56 Å². The SMILES string of the molecule is O=C(NCC(=O)N1C[C@H](CO)C[C@H]1C(=O)O)c1ccc2c(c1)-c1ccccc1C2(F)F. The zero-order valence-electron chi connectivity index (χ0n) is 16.3. The number of hydrogen-bond donors (Lipinski definition) is 3. The summed E-state index contributed by atoms with van der Waals surface area (Å²) < 4.78 is 29.3. The van der Waals surface area contributed by atoms with Crippen LogP contribution in [0.5, 0.6) is 0 Å². The number of rotatable bonds is 5. The van der Waals surface area contributed by atoms with Gasteiger partial charge in [0.25, 0.3) is 11.8 Å². The van der Waals surface area contributed by atoms with Gasteiger partial charge < -0.3 is 20.4 Å². The van der Waals surface area contributed by atoms with Crippen LogP contribution in [0.1, 0.15) is 27.9 Å². The van der Waals surface area contributed by atoms with Crippen LogP contribution in [-0.2, 0) is 15.5 Å². The van der Waals surface area contributed by atoms with Crippen molar-refractivity contribution in [1.29, 1.82) is 0 Å². The summed E-state index contributed by atoms with van der Waals surface area (Å²) in [5, 5.41) is 21.0. The van der Waals surface area contributed by atoms with Crippen LogP contribution >= 0.6 is 0 Å². The molecule has 3 N–H and O–H groups in total. The average Bonchev–Trinajstić information content (AvgIpc) is 3.30. The number of aliphatic hydroxyl groups excluding tert-OH is 1. The number of aliphatic carboxylic acids is 1. The van der Waals surface area contributed by atoms with E-state index in [0.717, 1.165) is 4.90 Å². The summed E-state index contributed by atoms with van der Waals surface area (Å²) in [5.74, 6) is -5.88. The Morgan fingerprint density at radius 2 is 1.81 bits per heavy atom. The first-order valence-electron chi connectivity index (χ1n) is 9.77. The second-order valence-corrected chi connectivity index (χ2v) is 7.75. The molecule has 1 aliphatic heterocycles. The second kappa shape index (κ2) is 7.73. The fourth-order valence-electron chi connectivity index (χ4n) is 4.24. The van der Waals surface area contributed by atoms with Gasteiger partial charge in [-0.05, 0) is 29.7 Å². The van der Waals surface area contributed by atoms with Crippen LogP contribution in [0.2, 0.25) is 0 Å². The highest BCUT2D eigenvalue weighted by molar-refractivity contribution is 5.99. The lowest BCUT2D eigenvalue weighted by molar-refractivity contribution is -0.147. The summed E-state index contributed by atoms with van der Waals surface area (Å²) in [6.45, 7) is -0.585. The van der Waals surface area contributed by atoms with Gasteiger partial charge in [0.1, 0.15) is 6.04 Å². The van der Waals surface area contributed by atoms with E-state index in [2.05, 4.69) is 5.32 Å². The molecule has 0 aromatic heterocycles. The van der Waals surface area contributed by atoms with Crippen molar-refractivity contribution in [2.24, 2.45) is 5.92 Å². The van der Waals surface area contributed by atoms with Gasteiger partial charge in [0.15, 0.2) is 0 Å². The molecule has 4 rings (SSSR count). The standard InChI is InChI=1S/C22H20F2N2O5/c23-22(24)16-4-2-1-3-14(16)15-8-13(5-6-17(15)22)20(29)25-9-19(28)26-10-12(11-27)7-18(26)21(30)31/h1-6,8,12,18,27H,7,9-11H2,(H,25,29)(H,30,31)/t12-,18+/m1/s1. The molecule has 162 valence electrons. The molecule has 0 saturated carbocycles. The average molecular weight is 430 g/mol. The van der Waals surface area contributed by atoms with Crippen molar-refractivity contribution in [3.05, 3.63) is 59.2 Å². The number of carbonyl (C=O) groups excluding carboxylic acids is 2. The molecule has 2 aromatic carbocycles. The summed E-state index contributed by atoms with van der Waals surface area (Å²) in [5.41, 5.74) is 0.423. The number of carboxylic acids is 1. The quantitative estimate of drug-likeness (QED) is 0.671. The Labute approximate surface area is 176 Å². The number of hydrogen-bond acceptors (Lipinski definition) is 4. The Bertz CT molecular complexity index is 1070. The topological polar surface area (TPSA) is 107 Å². The number of benzene rings is 2. The molecule has 0 bridgehead atoms. The number of halogens is 2. The van der Waals surface area contributed by atoms with Crippen molar-refractivity contribution in [2.75, 3.05) is 19.7 Å². The van der Waals surface area contributed by atoms with Crippen LogP contribution in [0.15, 0.2) is 42.5 Å². The molecule has 7 nitrogen and oxygen atoms in total. The van der Waals surface area contributed by atoms with Gasteiger partial charge in [-0.25, -0.2) is 4.79 Å². The Balaban J connectivity index is 1.49. The maximum absolute atomic E-state index is 14.6. The molecular formula is C22H20F2N2O5. The molecule has 2 amide bonds. The van der Waals surface area contributed by atoms with Gasteiger partial charge in [0.05, 0.1) is 6.54 Å². The number of alkyl halides is 2. The number of nitrogens with one attached hydrogen (secondary N) is 1. The lowest BCUT2D eigenvalue weighted by Gasteiger charge is -2.21. The summed E-state index contributed by atoms with van der Waals surface area (Å²) in [7, 11) is 0. The third-order valence-corrected chi connectivity index (χ3v) is 5.83. The van der Waals surface area contributed by atoms with Crippen molar-refractivity contribution >= 4 is 17.8 Å². The minimum absolute atomic E-state index is 0.0902. The van der Waals surface area contributed by atoms with Crippen molar-refractivity contribution < 1.29 is 33.4 Å². The molecule has 31 heavy (non-hydrogen) atoms. The highest BCUT2D eigenvalue weighted by Gasteiger charge is 2.44. The maximum atomic E-state index is 14.6. The minimum Gasteiger partial charge on any atom is -0.480 e. The number of fused-ring (bicyclic) bond motifs is 3. The largest absolute Gasteiger partial charge is 0.480 e. The molecule has 1 heterocycles. The smallest absolute Gasteiger partial charge is 0.326 e. The van der Waals surface area contributed by atoms with Crippen LogP contribution in [0.25, 0.3) is 11.1 Å². The van der Waals surface area contributed by atoms with Crippen molar-refractivity contribution in [3.63, 3.8) is 0 Å².